The normalized spacial score (nSPS) is 11.2. The van der Waals surface area contributed by atoms with E-state index in [-0.39, 0.29) is 12.5 Å². The zero-order valence-corrected chi connectivity index (χ0v) is 15.1. The van der Waals surface area contributed by atoms with E-state index in [1.807, 2.05) is 25.1 Å². The lowest BCUT2D eigenvalue weighted by atomic mass is 10.1. The van der Waals surface area contributed by atoms with Crippen molar-refractivity contribution in [1.29, 1.82) is 0 Å². The second kappa shape index (κ2) is 13.4. The van der Waals surface area contributed by atoms with Crippen LogP contribution in [0.4, 0.5) is 0 Å². The van der Waals surface area contributed by atoms with Crippen molar-refractivity contribution in [2.24, 2.45) is 4.99 Å². The van der Waals surface area contributed by atoms with E-state index in [0.29, 0.717) is 12.5 Å². The Morgan fingerprint density at radius 2 is 1.75 bits per heavy atom. The Hall–Kier alpha value is -2.04. The first-order valence-corrected chi connectivity index (χ1v) is 9.09. The van der Waals surface area contributed by atoms with Gasteiger partial charge in [-0.2, -0.15) is 0 Å². The van der Waals surface area contributed by atoms with Gasteiger partial charge in [-0.15, -0.1) is 0 Å². The highest BCUT2D eigenvalue weighted by molar-refractivity contribution is 5.84. The van der Waals surface area contributed by atoms with E-state index in [1.54, 1.807) is 0 Å². The summed E-state index contributed by atoms with van der Waals surface area (Å²) >= 11 is 0. The summed E-state index contributed by atoms with van der Waals surface area (Å²) < 4.78 is 0. The van der Waals surface area contributed by atoms with Crippen molar-refractivity contribution in [3.8, 4) is 0 Å². The van der Waals surface area contributed by atoms with Crippen LogP contribution in [0.3, 0.4) is 0 Å². The first-order valence-electron chi connectivity index (χ1n) is 9.09. The van der Waals surface area contributed by atoms with Crippen LogP contribution < -0.4 is 16.0 Å². The third-order valence-electron chi connectivity index (χ3n) is 3.63. The number of amides is 1. The molecule has 0 aromatic heterocycles. The number of nitrogens with one attached hydrogen (secondary N) is 3. The number of hydrogen-bond acceptors (Lipinski definition) is 2. The molecule has 5 nitrogen and oxygen atoms in total. The number of unbranched alkanes of at least 4 members (excludes halogenated alkanes) is 3. The summed E-state index contributed by atoms with van der Waals surface area (Å²) in [4.78, 5) is 16.2. The van der Waals surface area contributed by atoms with Crippen LogP contribution in [-0.4, -0.2) is 38.0 Å². The smallest absolute Gasteiger partial charge is 0.241 e. The molecule has 5 heteroatoms. The minimum atomic E-state index is -0.0471. The van der Waals surface area contributed by atoms with E-state index < -0.39 is 0 Å². The number of nitrogens with zero attached hydrogens (tertiary/aromatic N) is 1. The van der Waals surface area contributed by atoms with Crippen molar-refractivity contribution in [2.75, 3.05) is 26.2 Å². The fourth-order valence-electron chi connectivity index (χ4n) is 2.30. The molecule has 0 aliphatic heterocycles. The number of benzene rings is 1. The maximum atomic E-state index is 11.9. The molecule has 0 saturated heterocycles. The molecule has 0 atom stereocenters. The van der Waals surface area contributed by atoms with Gasteiger partial charge in [0.15, 0.2) is 5.96 Å². The summed E-state index contributed by atoms with van der Waals surface area (Å²) in [5, 5.41) is 9.36. The van der Waals surface area contributed by atoms with Gasteiger partial charge in [0.2, 0.25) is 5.91 Å². The first-order chi connectivity index (χ1) is 11.8. The molecule has 24 heavy (non-hydrogen) atoms. The van der Waals surface area contributed by atoms with Crippen LogP contribution in [0, 0.1) is 0 Å². The van der Waals surface area contributed by atoms with Gasteiger partial charge in [-0.25, -0.2) is 4.99 Å². The third-order valence-corrected chi connectivity index (χ3v) is 3.63. The number of aliphatic imine (C=N–C) groups is 1. The molecule has 0 spiro atoms. The van der Waals surface area contributed by atoms with E-state index in [0.717, 1.165) is 25.9 Å². The molecule has 0 radical (unpaired) electrons. The Bertz CT molecular complexity index is 474. The molecule has 1 amide bonds. The van der Waals surface area contributed by atoms with Crippen molar-refractivity contribution >= 4 is 11.9 Å². The summed E-state index contributed by atoms with van der Waals surface area (Å²) in [6.45, 7) is 6.69. The van der Waals surface area contributed by atoms with Gasteiger partial charge in [0.1, 0.15) is 6.54 Å². The van der Waals surface area contributed by atoms with Crippen molar-refractivity contribution in [1.82, 2.24) is 16.0 Å². The Labute approximate surface area is 146 Å². The lowest BCUT2D eigenvalue weighted by molar-refractivity contribution is -0.119. The van der Waals surface area contributed by atoms with Gasteiger partial charge in [0, 0.05) is 19.6 Å². The molecule has 0 heterocycles. The Balaban J connectivity index is 2.24. The molecule has 0 aliphatic carbocycles. The highest BCUT2D eigenvalue weighted by Crippen LogP contribution is 1.98. The zero-order chi connectivity index (χ0) is 17.5. The molecule has 1 rings (SSSR count). The molecule has 0 aliphatic rings. The highest BCUT2D eigenvalue weighted by Gasteiger charge is 2.02. The molecular weight excluding hydrogens is 300 g/mol. The van der Waals surface area contributed by atoms with Gasteiger partial charge >= 0.3 is 0 Å². The van der Waals surface area contributed by atoms with E-state index in [9.17, 15) is 4.79 Å². The van der Waals surface area contributed by atoms with Gasteiger partial charge in [-0.05, 0) is 25.3 Å². The molecular formula is C19H32N4O. The summed E-state index contributed by atoms with van der Waals surface area (Å²) in [7, 11) is 0. The molecule has 0 unspecified atom stereocenters. The SMILES string of the molecule is CCCCCCNC(=NCC(=O)NCCc1ccccc1)NCC. The fraction of sp³-hybridized carbons (Fsp3) is 0.579. The topological polar surface area (TPSA) is 65.5 Å². The van der Waals surface area contributed by atoms with Crippen molar-refractivity contribution in [3.05, 3.63) is 35.9 Å². The largest absolute Gasteiger partial charge is 0.357 e. The summed E-state index contributed by atoms with van der Waals surface area (Å²) in [5.41, 5.74) is 1.23. The fourth-order valence-corrected chi connectivity index (χ4v) is 2.30. The minimum absolute atomic E-state index is 0.0471. The molecule has 1 aromatic carbocycles. The quantitative estimate of drug-likeness (QED) is 0.331. The van der Waals surface area contributed by atoms with E-state index >= 15 is 0 Å². The lowest BCUT2D eigenvalue weighted by Crippen LogP contribution is -2.39. The van der Waals surface area contributed by atoms with Crippen LogP contribution >= 0.6 is 0 Å². The molecule has 0 fully saturated rings. The first kappa shape index (κ1) is 20.0. The van der Waals surface area contributed by atoms with Gasteiger partial charge in [-0.3, -0.25) is 4.79 Å². The highest BCUT2D eigenvalue weighted by atomic mass is 16.1. The summed E-state index contributed by atoms with van der Waals surface area (Å²) in [6, 6.07) is 10.1. The van der Waals surface area contributed by atoms with E-state index in [1.165, 1.54) is 24.8 Å². The lowest BCUT2D eigenvalue weighted by Gasteiger charge is -2.11. The Morgan fingerprint density at radius 3 is 2.46 bits per heavy atom. The van der Waals surface area contributed by atoms with Gasteiger partial charge in [0.05, 0.1) is 0 Å². The molecule has 1 aromatic rings. The van der Waals surface area contributed by atoms with Crippen LogP contribution in [0.2, 0.25) is 0 Å². The number of guanidine groups is 1. The zero-order valence-electron chi connectivity index (χ0n) is 15.1. The van der Waals surface area contributed by atoms with Crippen molar-refractivity contribution in [3.63, 3.8) is 0 Å². The summed E-state index contributed by atoms with van der Waals surface area (Å²) in [6.07, 6.45) is 5.69. The van der Waals surface area contributed by atoms with E-state index in [4.69, 9.17) is 0 Å². The second-order valence-corrected chi connectivity index (χ2v) is 5.77. The monoisotopic (exact) mass is 332 g/mol. The number of carbonyl (C=O) groups is 1. The molecule has 0 saturated carbocycles. The van der Waals surface area contributed by atoms with Crippen molar-refractivity contribution < 1.29 is 4.79 Å². The minimum Gasteiger partial charge on any atom is -0.357 e. The van der Waals surface area contributed by atoms with Gasteiger partial charge < -0.3 is 16.0 Å². The number of hydrogen-bond donors (Lipinski definition) is 3. The van der Waals surface area contributed by atoms with Gasteiger partial charge in [0.25, 0.3) is 0 Å². The Morgan fingerprint density at radius 1 is 0.958 bits per heavy atom. The predicted octanol–water partition coefficient (Wildman–Crippen LogP) is 2.48. The molecule has 134 valence electrons. The van der Waals surface area contributed by atoms with E-state index in [2.05, 4.69) is 40.0 Å². The van der Waals surface area contributed by atoms with Crippen LogP contribution in [-0.2, 0) is 11.2 Å². The standard InChI is InChI=1S/C19H32N4O/c1-3-5-6-10-14-22-19(20-4-2)23-16-18(24)21-15-13-17-11-8-7-9-12-17/h7-9,11-12H,3-6,10,13-16H2,1-2H3,(H,21,24)(H2,20,22,23). The molecule has 0 bridgehead atoms. The summed E-state index contributed by atoms with van der Waals surface area (Å²) in [5.74, 6) is 0.668. The second-order valence-electron chi connectivity index (χ2n) is 5.77. The van der Waals surface area contributed by atoms with Crippen LogP contribution in [0.1, 0.15) is 45.1 Å². The van der Waals surface area contributed by atoms with Crippen LogP contribution in [0.25, 0.3) is 0 Å². The molecule has 3 N–H and O–H groups in total. The van der Waals surface area contributed by atoms with Gasteiger partial charge in [-0.1, -0.05) is 56.5 Å². The van der Waals surface area contributed by atoms with Crippen LogP contribution in [0.15, 0.2) is 35.3 Å². The number of carbonyl (C=O) groups excluding carboxylic acids is 1. The predicted molar refractivity (Wildman–Crippen MR) is 101 cm³/mol. The third kappa shape index (κ3) is 9.87. The maximum absolute atomic E-state index is 11.9. The number of rotatable bonds is 11. The average molecular weight is 332 g/mol. The average Bonchev–Trinajstić information content (AvgIpc) is 2.60. The van der Waals surface area contributed by atoms with Crippen LogP contribution in [0.5, 0.6) is 0 Å². The van der Waals surface area contributed by atoms with Crippen molar-refractivity contribution in [2.45, 2.75) is 46.0 Å². The maximum Gasteiger partial charge on any atom is 0.241 e. The Kier molecular flexibility index (Phi) is 11.2.